The van der Waals surface area contributed by atoms with Gasteiger partial charge in [0.15, 0.2) is 0 Å². The first-order valence-corrected chi connectivity index (χ1v) is 7.64. The van der Waals surface area contributed by atoms with Crippen LogP contribution in [0.4, 0.5) is 18.9 Å². The molecule has 1 aromatic carbocycles. The van der Waals surface area contributed by atoms with Crippen LogP contribution in [0.15, 0.2) is 18.2 Å². The van der Waals surface area contributed by atoms with Crippen LogP contribution in [-0.2, 0) is 16.4 Å². The molecule has 0 saturated carbocycles. The topological polar surface area (TPSA) is 75.4 Å². The predicted molar refractivity (Wildman–Crippen MR) is 75.0 cm³/mol. The number of aryl methyl sites for hydroxylation is 1. The lowest BCUT2D eigenvalue weighted by Crippen LogP contribution is -2.34. The third-order valence-corrected chi connectivity index (χ3v) is 4.37. The smallest absolute Gasteiger partial charge is 0.330 e. The van der Waals surface area contributed by atoms with E-state index in [1.54, 1.807) is 0 Å². The Morgan fingerprint density at radius 1 is 1.33 bits per heavy atom. The van der Waals surface area contributed by atoms with Crippen molar-refractivity contribution in [3.8, 4) is 0 Å². The molecule has 1 aromatic rings. The van der Waals surface area contributed by atoms with Crippen LogP contribution in [0, 0.1) is 6.92 Å². The summed E-state index contributed by atoms with van der Waals surface area (Å²) in [6.07, 6.45) is -4.07. The fourth-order valence-electron chi connectivity index (χ4n) is 1.65. The van der Waals surface area contributed by atoms with E-state index < -0.39 is 21.9 Å². The zero-order chi connectivity index (χ0) is 16.3. The molecule has 0 aliphatic heterocycles. The molecule has 0 heterocycles. The standard InChI is InChI=1S/C12H18F3N3O2S/c1-9-4-5-10(8-11(9)12(13,14)15)17-21(19,20)18(2)7-3-6-16/h4-5,8,17H,3,6-7,16H2,1-2H3. The van der Waals surface area contributed by atoms with Gasteiger partial charge in [0.1, 0.15) is 0 Å². The highest BCUT2D eigenvalue weighted by molar-refractivity contribution is 7.90. The summed E-state index contributed by atoms with van der Waals surface area (Å²) in [5.74, 6) is 0. The molecule has 0 aliphatic carbocycles. The van der Waals surface area contributed by atoms with Crippen molar-refractivity contribution in [2.75, 3.05) is 24.9 Å². The fraction of sp³-hybridized carbons (Fsp3) is 0.500. The summed E-state index contributed by atoms with van der Waals surface area (Å²) in [7, 11) is -2.57. The molecule has 3 N–H and O–H groups in total. The molecular formula is C12H18F3N3O2S. The van der Waals surface area contributed by atoms with Crippen molar-refractivity contribution in [3.05, 3.63) is 29.3 Å². The summed E-state index contributed by atoms with van der Waals surface area (Å²) in [6.45, 7) is 1.82. The van der Waals surface area contributed by atoms with Gasteiger partial charge in [-0.15, -0.1) is 0 Å². The molecule has 0 saturated heterocycles. The zero-order valence-corrected chi connectivity index (χ0v) is 12.6. The summed E-state index contributed by atoms with van der Waals surface area (Å²) in [4.78, 5) is 0. The lowest BCUT2D eigenvalue weighted by Gasteiger charge is -2.19. The molecule has 1 rings (SSSR count). The van der Waals surface area contributed by atoms with Crippen molar-refractivity contribution in [2.45, 2.75) is 19.5 Å². The van der Waals surface area contributed by atoms with Gasteiger partial charge in [-0.05, 0) is 37.6 Å². The number of nitrogens with zero attached hydrogens (tertiary/aromatic N) is 1. The van der Waals surface area contributed by atoms with Crippen LogP contribution in [0.25, 0.3) is 0 Å². The monoisotopic (exact) mass is 325 g/mol. The molecule has 0 spiro atoms. The van der Waals surface area contributed by atoms with Gasteiger partial charge >= 0.3 is 16.4 Å². The Balaban J connectivity index is 2.98. The molecule has 5 nitrogen and oxygen atoms in total. The molecule has 0 unspecified atom stereocenters. The second-order valence-electron chi connectivity index (χ2n) is 4.60. The molecule has 0 aliphatic rings. The average Bonchev–Trinajstić information content (AvgIpc) is 2.36. The van der Waals surface area contributed by atoms with E-state index in [-0.39, 0.29) is 17.8 Å². The first-order chi connectivity index (χ1) is 9.58. The third kappa shape index (κ3) is 4.87. The number of benzene rings is 1. The Bertz CT molecular complexity index is 588. The Morgan fingerprint density at radius 2 is 1.95 bits per heavy atom. The minimum atomic E-state index is -4.53. The van der Waals surface area contributed by atoms with Crippen LogP contribution in [0.2, 0.25) is 0 Å². The lowest BCUT2D eigenvalue weighted by atomic mass is 10.1. The van der Waals surface area contributed by atoms with E-state index >= 15 is 0 Å². The maximum absolute atomic E-state index is 12.8. The maximum atomic E-state index is 12.8. The molecule has 0 aromatic heterocycles. The largest absolute Gasteiger partial charge is 0.416 e. The second-order valence-corrected chi connectivity index (χ2v) is 6.38. The lowest BCUT2D eigenvalue weighted by molar-refractivity contribution is -0.138. The van der Waals surface area contributed by atoms with Crippen molar-refractivity contribution < 1.29 is 21.6 Å². The molecule has 0 atom stereocenters. The summed E-state index contributed by atoms with van der Waals surface area (Å²) in [6, 6.07) is 3.29. The highest BCUT2D eigenvalue weighted by Gasteiger charge is 2.32. The highest BCUT2D eigenvalue weighted by atomic mass is 32.2. The Morgan fingerprint density at radius 3 is 2.48 bits per heavy atom. The number of rotatable bonds is 6. The molecule has 0 bridgehead atoms. The van der Waals surface area contributed by atoms with Crippen molar-refractivity contribution in [1.29, 1.82) is 0 Å². The molecule has 0 radical (unpaired) electrons. The van der Waals surface area contributed by atoms with E-state index in [1.807, 2.05) is 0 Å². The Hall–Kier alpha value is -1.32. The number of nitrogens with one attached hydrogen (secondary N) is 1. The van der Waals surface area contributed by atoms with Crippen molar-refractivity contribution >= 4 is 15.9 Å². The van der Waals surface area contributed by atoms with Gasteiger partial charge in [0.25, 0.3) is 0 Å². The zero-order valence-electron chi connectivity index (χ0n) is 11.7. The van der Waals surface area contributed by atoms with E-state index in [0.717, 1.165) is 10.4 Å². The van der Waals surface area contributed by atoms with Gasteiger partial charge in [-0.3, -0.25) is 4.72 Å². The highest BCUT2D eigenvalue weighted by Crippen LogP contribution is 2.33. The first-order valence-electron chi connectivity index (χ1n) is 6.20. The Kier molecular flexibility index (Phi) is 5.60. The van der Waals surface area contributed by atoms with Crippen molar-refractivity contribution in [1.82, 2.24) is 4.31 Å². The molecule has 0 amide bonds. The van der Waals surface area contributed by atoms with Crippen LogP contribution in [0.5, 0.6) is 0 Å². The number of nitrogens with two attached hydrogens (primary N) is 1. The van der Waals surface area contributed by atoms with E-state index in [1.165, 1.54) is 26.1 Å². The SMILES string of the molecule is Cc1ccc(NS(=O)(=O)N(C)CCCN)cc1C(F)(F)F. The third-order valence-electron chi connectivity index (χ3n) is 2.88. The van der Waals surface area contributed by atoms with Crippen LogP contribution in [0.3, 0.4) is 0 Å². The van der Waals surface area contributed by atoms with Crippen LogP contribution < -0.4 is 10.5 Å². The van der Waals surface area contributed by atoms with Gasteiger partial charge in [-0.25, -0.2) is 0 Å². The number of halogens is 3. The van der Waals surface area contributed by atoms with Crippen molar-refractivity contribution in [2.24, 2.45) is 5.73 Å². The predicted octanol–water partition coefficient (Wildman–Crippen LogP) is 1.95. The maximum Gasteiger partial charge on any atom is 0.416 e. The van der Waals surface area contributed by atoms with Crippen LogP contribution in [0.1, 0.15) is 17.5 Å². The number of alkyl halides is 3. The van der Waals surface area contributed by atoms with E-state index in [9.17, 15) is 21.6 Å². The Labute approximate surface area is 122 Å². The average molecular weight is 325 g/mol. The van der Waals surface area contributed by atoms with E-state index in [4.69, 9.17) is 5.73 Å². The molecule has 9 heteroatoms. The quantitative estimate of drug-likeness (QED) is 0.839. The molecule has 0 fully saturated rings. The summed E-state index contributed by atoms with van der Waals surface area (Å²) >= 11 is 0. The van der Waals surface area contributed by atoms with Gasteiger partial charge in [-0.1, -0.05) is 6.07 Å². The second kappa shape index (κ2) is 6.63. The molecular weight excluding hydrogens is 307 g/mol. The summed E-state index contributed by atoms with van der Waals surface area (Å²) in [5.41, 5.74) is 4.32. The molecule has 21 heavy (non-hydrogen) atoms. The summed E-state index contributed by atoms with van der Waals surface area (Å²) < 4.78 is 65.4. The summed E-state index contributed by atoms with van der Waals surface area (Å²) in [5, 5.41) is 0. The van der Waals surface area contributed by atoms with Gasteiger partial charge in [0, 0.05) is 13.6 Å². The first kappa shape index (κ1) is 17.7. The van der Waals surface area contributed by atoms with E-state index in [2.05, 4.69) is 4.72 Å². The van der Waals surface area contributed by atoms with Gasteiger partial charge in [0.2, 0.25) is 0 Å². The number of hydrogen-bond donors (Lipinski definition) is 2. The van der Waals surface area contributed by atoms with Crippen LogP contribution in [-0.4, -0.2) is 32.9 Å². The minimum Gasteiger partial charge on any atom is -0.330 e. The minimum absolute atomic E-state index is 0.0296. The molecule has 120 valence electrons. The van der Waals surface area contributed by atoms with Gasteiger partial charge in [0.05, 0.1) is 11.3 Å². The van der Waals surface area contributed by atoms with E-state index in [0.29, 0.717) is 13.0 Å². The normalized spacial score (nSPS) is 12.7. The fourth-order valence-corrected chi connectivity index (χ4v) is 2.60. The van der Waals surface area contributed by atoms with Crippen LogP contribution >= 0.6 is 0 Å². The number of hydrogen-bond acceptors (Lipinski definition) is 3. The number of anilines is 1. The van der Waals surface area contributed by atoms with Gasteiger partial charge in [-0.2, -0.15) is 25.9 Å². The van der Waals surface area contributed by atoms with Crippen molar-refractivity contribution in [3.63, 3.8) is 0 Å². The van der Waals surface area contributed by atoms with Gasteiger partial charge < -0.3 is 5.73 Å².